The van der Waals surface area contributed by atoms with Crippen molar-refractivity contribution in [3.8, 4) is 5.75 Å². The molecule has 20 heavy (non-hydrogen) atoms. The van der Waals surface area contributed by atoms with Gasteiger partial charge in [-0.25, -0.2) is 0 Å². The first-order chi connectivity index (χ1) is 9.43. The third-order valence-corrected chi connectivity index (χ3v) is 4.48. The molecule has 1 N–H and O–H groups in total. The lowest BCUT2D eigenvalue weighted by molar-refractivity contribution is -0.116. The molecule has 0 bridgehead atoms. The van der Waals surface area contributed by atoms with E-state index in [1.807, 2.05) is 18.2 Å². The van der Waals surface area contributed by atoms with Crippen LogP contribution in [0.25, 0.3) is 0 Å². The second-order valence-electron chi connectivity index (χ2n) is 5.96. The van der Waals surface area contributed by atoms with Crippen LogP contribution in [0.2, 0.25) is 0 Å². The van der Waals surface area contributed by atoms with E-state index in [1.54, 1.807) is 7.11 Å². The maximum atomic E-state index is 10.9. The van der Waals surface area contributed by atoms with Crippen LogP contribution in [0.3, 0.4) is 0 Å². The minimum Gasteiger partial charge on any atom is -0.496 e. The predicted octanol–water partition coefficient (Wildman–Crippen LogP) is 3.57. The summed E-state index contributed by atoms with van der Waals surface area (Å²) in [6.07, 6.45) is 2.08. The smallest absolute Gasteiger partial charge is 0.122 e. The first-order valence-corrected chi connectivity index (χ1v) is 7.89. The first kappa shape index (κ1) is 15.8. The Balaban J connectivity index is 2.17. The van der Waals surface area contributed by atoms with E-state index in [-0.39, 0.29) is 6.10 Å². The van der Waals surface area contributed by atoms with E-state index < -0.39 is 5.60 Å². The van der Waals surface area contributed by atoms with Crippen LogP contribution in [0, 0.1) is 5.92 Å². The maximum Gasteiger partial charge on any atom is 0.122 e. The fourth-order valence-electron chi connectivity index (χ4n) is 2.76. The Bertz CT molecular complexity index is 461. The van der Waals surface area contributed by atoms with Gasteiger partial charge in [0.1, 0.15) is 5.75 Å². The van der Waals surface area contributed by atoms with Crippen molar-refractivity contribution in [3.05, 3.63) is 28.2 Å². The van der Waals surface area contributed by atoms with Gasteiger partial charge < -0.3 is 14.6 Å². The summed E-state index contributed by atoms with van der Waals surface area (Å²) in [6, 6.07) is 5.91. The quantitative estimate of drug-likeness (QED) is 0.908. The first-order valence-electron chi connectivity index (χ1n) is 7.10. The van der Waals surface area contributed by atoms with Crippen LogP contribution in [0.1, 0.15) is 32.3 Å². The van der Waals surface area contributed by atoms with Crippen molar-refractivity contribution < 1.29 is 14.6 Å². The lowest BCUT2D eigenvalue weighted by atomic mass is 9.82. The molecule has 2 unspecified atom stereocenters. The van der Waals surface area contributed by atoms with Crippen molar-refractivity contribution in [2.45, 2.75) is 44.8 Å². The number of halogens is 1. The summed E-state index contributed by atoms with van der Waals surface area (Å²) in [5.41, 5.74) is 0.329. The standard InChI is InChI=1S/C16H23BrO3/c1-11(2)15-10-16(18,6-7-20-15)9-12-8-13(17)4-5-14(12)19-3/h4-5,8,11,15,18H,6-7,9-10H2,1-3H3. The molecular weight excluding hydrogens is 320 g/mol. The third-order valence-electron chi connectivity index (χ3n) is 3.99. The Morgan fingerprint density at radius 1 is 1.50 bits per heavy atom. The van der Waals surface area contributed by atoms with Crippen LogP contribution in [-0.2, 0) is 11.2 Å². The summed E-state index contributed by atoms with van der Waals surface area (Å²) in [6.45, 7) is 4.89. The highest BCUT2D eigenvalue weighted by molar-refractivity contribution is 9.10. The van der Waals surface area contributed by atoms with Gasteiger partial charge in [-0.05, 0) is 36.1 Å². The molecule has 1 aromatic rings. The number of rotatable bonds is 4. The lowest BCUT2D eigenvalue weighted by Gasteiger charge is -2.39. The summed E-state index contributed by atoms with van der Waals surface area (Å²) >= 11 is 3.48. The maximum absolute atomic E-state index is 10.9. The average Bonchev–Trinajstić information content (AvgIpc) is 2.38. The number of aliphatic hydroxyl groups is 1. The van der Waals surface area contributed by atoms with Crippen molar-refractivity contribution in [2.24, 2.45) is 5.92 Å². The van der Waals surface area contributed by atoms with E-state index in [9.17, 15) is 5.11 Å². The zero-order valence-corrected chi connectivity index (χ0v) is 13.9. The second kappa shape index (κ2) is 6.46. The molecule has 0 radical (unpaired) electrons. The number of hydrogen-bond donors (Lipinski definition) is 1. The molecule has 1 aliphatic rings. The van der Waals surface area contributed by atoms with Crippen LogP contribution in [0.4, 0.5) is 0 Å². The van der Waals surface area contributed by atoms with Crippen LogP contribution < -0.4 is 4.74 Å². The largest absolute Gasteiger partial charge is 0.496 e. The number of ether oxygens (including phenoxy) is 2. The molecule has 1 fully saturated rings. The number of hydrogen-bond acceptors (Lipinski definition) is 3. The summed E-state index contributed by atoms with van der Waals surface area (Å²) in [5, 5.41) is 10.9. The Kier molecular flexibility index (Phi) is 5.10. The Morgan fingerprint density at radius 2 is 2.25 bits per heavy atom. The highest BCUT2D eigenvalue weighted by atomic mass is 79.9. The highest BCUT2D eigenvalue weighted by Gasteiger charge is 2.36. The molecule has 1 aromatic carbocycles. The summed E-state index contributed by atoms with van der Waals surface area (Å²) in [5.74, 6) is 1.25. The van der Waals surface area contributed by atoms with Crippen LogP contribution >= 0.6 is 15.9 Å². The van der Waals surface area contributed by atoms with E-state index in [4.69, 9.17) is 9.47 Å². The lowest BCUT2D eigenvalue weighted by Crippen LogP contribution is -2.44. The monoisotopic (exact) mass is 342 g/mol. The van der Waals surface area contributed by atoms with Crippen molar-refractivity contribution >= 4 is 15.9 Å². The van der Waals surface area contributed by atoms with Gasteiger partial charge in [-0.2, -0.15) is 0 Å². The normalized spacial score (nSPS) is 26.8. The molecule has 0 amide bonds. The van der Waals surface area contributed by atoms with Crippen molar-refractivity contribution in [1.29, 1.82) is 0 Å². The van der Waals surface area contributed by atoms with Gasteiger partial charge in [-0.1, -0.05) is 29.8 Å². The fourth-order valence-corrected chi connectivity index (χ4v) is 3.17. The molecule has 2 rings (SSSR count). The molecule has 1 heterocycles. The highest BCUT2D eigenvalue weighted by Crippen LogP contribution is 2.34. The molecule has 1 saturated heterocycles. The van der Waals surface area contributed by atoms with Crippen molar-refractivity contribution in [2.75, 3.05) is 13.7 Å². The number of benzene rings is 1. The van der Waals surface area contributed by atoms with Gasteiger partial charge in [-0.3, -0.25) is 0 Å². The molecular formula is C16H23BrO3. The zero-order chi connectivity index (χ0) is 14.8. The second-order valence-corrected chi connectivity index (χ2v) is 6.88. The van der Waals surface area contributed by atoms with E-state index >= 15 is 0 Å². The van der Waals surface area contributed by atoms with Gasteiger partial charge in [-0.15, -0.1) is 0 Å². The minimum atomic E-state index is -0.707. The third kappa shape index (κ3) is 3.74. The Hall–Kier alpha value is -0.580. The molecule has 0 spiro atoms. The minimum absolute atomic E-state index is 0.131. The molecule has 1 aliphatic heterocycles. The SMILES string of the molecule is COc1ccc(Br)cc1CC1(O)CCOC(C(C)C)C1. The van der Waals surface area contributed by atoms with Crippen LogP contribution in [-0.4, -0.2) is 30.5 Å². The average molecular weight is 343 g/mol. The van der Waals surface area contributed by atoms with E-state index in [1.165, 1.54) is 0 Å². The zero-order valence-electron chi connectivity index (χ0n) is 12.4. The topological polar surface area (TPSA) is 38.7 Å². The van der Waals surface area contributed by atoms with Gasteiger partial charge in [0.15, 0.2) is 0 Å². The van der Waals surface area contributed by atoms with Crippen molar-refractivity contribution in [1.82, 2.24) is 0 Å². The van der Waals surface area contributed by atoms with Gasteiger partial charge in [0.2, 0.25) is 0 Å². The molecule has 0 aromatic heterocycles. The van der Waals surface area contributed by atoms with E-state index in [2.05, 4.69) is 29.8 Å². The molecule has 2 atom stereocenters. The Morgan fingerprint density at radius 3 is 2.90 bits per heavy atom. The van der Waals surface area contributed by atoms with Gasteiger partial charge in [0.25, 0.3) is 0 Å². The molecule has 0 saturated carbocycles. The van der Waals surface area contributed by atoms with Crippen LogP contribution in [0.15, 0.2) is 22.7 Å². The predicted molar refractivity (Wildman–Crippen MR) is 83.2 cm³/mol. The molecule has 112 valence electrons. The summed E-state index contributed by atoms with van der Waals surface area (Å²) < 4.78 is 12.2. The molecule has 4 heteroatoms. The Labute approximate surface area is 129 Å². The van der Waals surface area contributed by atoms with E-state index in [0.29, 0.717) is 31.8 Å². The fraction of sp³-hybridized carbons (Fsp3) is 0.625. The van der Waals surface area contributed by atoms with E-state index in [0.717, 1.165) is 15.8 Å². The van der Waals surface area contributed by atoms with Gasteiger partial charge >= 0.3 is 0 Å². The van der Waals surface area contributed by atoms with Crippen LogP contribution in [0.5, 0.6) is 5.75 Å². The van der Waals surface area contributed by atoms with Gasteiger partial charge in [0, 0.05) is 23.9 Å². The summed E-state index contributed by atoms with van der Waals surface area (Å²) in [4.78, 5) is 0. The molecule has 0 aliphatic carbocycles. The number of methoxy groups -OCH3 is 1. The van der Waals surface area contributed by atoms with Gasteiger partial charge in [0.05, 0.1) is 18.8 Å². The molecule has 3 nitrogen and oxygen atoms in total. The summed E-state index contributed by atoms with van der Waals surface area (Å²) in [7, 11) is 1.66. The van der Waals surface area contributed by atoms with Crippen molar-refractivity contribution in [3.63, 3.8) is 0 Å².